The molecule has 0 spiro atoms. The monoisotopic (exact) mass is 237 g/mol. The van der Waals surface area contributed by atoms with Gasteiger partial charge >= 0.3 is 0 Å². The number of rotatable bonds is 7. The number of hydrogen-bond acceptors (Lipinski definition) is 3. The highest BCUT2D eigenvalue weighted by Crippen LogP contribution is 2.13. The van der Waals surface area contributed by atoms with Gasteiger partial charge in [-0.2, -0.15) is 0 Å². The van der Waals surface area contributed by atoms with Crippen LogP contribution in [0, 0.1) is 0 Å². The van der Waals surface area contributed by atoms with Gasteiger partial charge in [0.05, 0.1) is 12.2 Å². The van der Waals surface area contributed by atoms with Crippen LogP contribution in [0.1, 0.15) is 32.8 Å². The Morgan fingerprint density at radius 1 is 1.35 bits per heavy atom. The van der Waals surface area contributed by atoms with Gasteiger partial charge in [0.1, 0.15) is 5.75 Å². The molecule has 0 saturated carbocycles. The van der Waals surface area contributed by atoms with Crippen molar-refractivity contribution in [1.29, 1.82) is 0 Å². The number of benzene rings is 1. The maximum atomic E-state index is 9.58. The lowest BCUT2D eigenvalue weighted by Gasteiger charge is -2.17. The molecular weight excluding hydrogens is 214 g/mol. The van der Waals surface area contributed by atoms with Crippen LogP contribution >= 0.6 is 0 Å². The molecule has 0 radical (unpaired) electrons. The van der Waals surface area contributed by atoms with E-state index in [1.807, 2.05) is 18.2 Å². The minimum atomic E-state index is -0.670. The smallest absolute Gasteiger partial charge is 0.119 e. The molecule has 1 rings (SSSR count). The fraction of sp³-hybridized carbons (Fsp3) is 0.571. The molecule has 0 aliphatic heterocycles. The Bertz CT molecular complexity index is 331. The van der Waals surface area contributed by atoms with Crippen molar-refractivity contribution in [2.24, 2.45) is 0 Å². The van der Waals surface area contributed by atoms with Crippen LogP contribution in [-0.4, -0.2) is 23.9 Å². The molecular formula is C14H23NO2. The second-order valence-corrected chi connectivity index (χ2v) is 4.91. The summed E-state index contributed by atoms with van der Waals surface area (Å²) in [6.07, 6.45) is 1.02. The van der Waals surface area contributed by atoms with E-state index in [1.54, 1.807) is 13.8 Å². The van der Waals surface area contributed by atoms with Crippen LogP contribution in [0.15, 0.2) is 24.3 Å². The maximum Gasteiger partial charge on any atom is 0.119 e. The third-order valence-electron chi connectivity index (χ3n) is 2.26. The van der Waals surface area contributed by atoms with Gasteiger partial charge in [0, 0.05) is 13.1 Å². The summed E-state index contributed by atoms with van der Waals surface area (Å²) in [5.41, 5.74) is 0.499. The number of nitrogens with one attached hydrogen (secondary N) is 1. The van der Waals surface area contributed by atoms with Crippen LogP contribution in [0.25, 0.3) is 0 Å². The molecule has 0 aliphatic rings. The van der Waals surface area contributed by atoms with Crippen molar-refractivity contribution in [3.05, 3.63) is 29.8 Å². The minimum Gasteiger partial charge on any atom is -0.494 e. The Morgan fingerprint density at radius 3 is 2.76 bits per heavy atom. The van der Waals surface area contributed by atoms with Crippen molar-refractivity contribution in [3.8, 4) is 5.75 Å². The van der Waals surface area contributed by atoms with Crippen molar-refractivity contribution in [1.82, 2.24) is 5.32 Å². The van der Waals surface area contributed by atoms with E-state index in [1.165, 1.54) is 5.56 Å². The van der Waals surface area contributed by atoms with Gasteiger partial charge in [0.2, 0.25) is 0 Å². The predicted octanol–water partition coefficient (Wildman–Crippen LogP) is 2.34. The van der Waals surface area contributed by atoms with E-state index in [-0.39, 0.29) is 0 Å². The molecule has 0 amide bonds. The van der Waals surface area contributed by atoms with Crippen LogP contribution in [0.5, 0.6) is 5.75 Å². The van der Waals surface area contributed by atoms with Crippen molar-refractivity contribution in [2.75, 3.05) is 13.2 Å². The average molecular weight is 237 g/mol. The molecule has 3 nitrogen and oxygen atoms in total. The van der Waals surface area contributed by atoms with Gasteiger partial charge < -0.3 is 15.2 Å². The molecule has 3 heteroatoms. The van der Waals surface area contributed by atoms with E-state index >= 15 is 0 Å². The van der Waals surface area contributed by atoms with E-state index in [9.17, 15) is 5.11 Å². The maximum absolute atomic E-state index is 9.58. The summed E-state index contributed by atoms with van der Waals surface area (Å²) in [4.78, 5) is 0. The fourth-order valence-corrected chi connectivity index (χ4v) is 1.48. The first-order chi connectivity index (χ1) is 8.01. The molecule has 1 aromatic rings. The SMILES string of the molecule is CCCOc1cccc(CNCC(C)(C)O)c1. The van der Waals surface area contributed by atoms with Crippen LogP contribution in [0.4, 0.5) is 0 Å². The molecule has 0 saturated heterocycles. The van der Waals surface area contributed by atoms with E-state index in [0.29, 0.717) is 6.54 Å². The fourth-order valence-electron chi connectivity index (χ4n) is 1.48. The van der Waals surface area contributed by atoms with Gasteiger partial charge in [-0.3, -0.25) is 0 Å². The van der Waals surface area contributed by atoms with E-state index in [0.717, 1.165) is 25.3 Å². The molecule has 0 aromatic heterocycles. The Labute approximate surface area is 104 Å². The molecule has 0 aliphatic carbocycles. The van der Waals surface area contributed by atoms with Crippen molar-refractivity contribution in [3.63, 3.8) is 0 Å². The zero-order valence-corrected chi connectivity index (χ0v) is 11.0. The standard InChI is InChI=1S/C14H23NO2/c1-4-8-17-13-7-5-6-12(9-13)10-15-11-14(2,3)16/h5-7,9,15-16H,4,8,10-11H2,1-3H3. The van der Waals surface area contributed by atoms with E-state index in [4.69, 9.17) is 4.74 Å². The second-order valence-electron chi connectivity index (χ2n) is 4.91. The Balaban J connectivity index is 2.43. The second kappa shape index (κ2) is 6.62. The summed E-state index contributed by atoms with van der Waals surface area (Å²) >= 11 is 0. The molecule has 0 fully saturated rings. The highest BCUT2D eigenvalue weighted by atomic mass is 16.5. The zero-order chi connectivity index (χ0) is 12.7. The summed E-state index contributed by atoms with van der Waals surface area (Å²) in [7, 11) is 0. The van der Waals surface area contributed by atoms with Gasteiger partial charge in [-0.1, -0.05) is 19.1 Å². The van der Waals surface area contributed by atoms with Crippen LogP contribution in [-0.2, 0) is 6.54 Å². The Kier molecular flexibility index (Phi) is 5.45. The summed E-state index contributed by atoms with van der Waals surface area (Å²) in [5.74, 6) is 0.911. The highest BCUT2D eigenvalue weighted by molar-refractivity contribution is 5.28. The molecule has 17 heavy (non-hydrogen) atoms. The van der Waals surface area contributed by atoms with Crippen molar-refractivity contribution < 1.29 is 9.84 Å². The molecule has 2 N–H and O–H groups in total. The highest BCUT2D eigenvalue weighted by Gasteiger charge is 2.10. The topological polar surface area (TPSA) is 41.5 Å². The summed E-state index contributed by atoms with van der Waals surface area (Å²) in [6.45, 7) is 7.75. The predicted molar refractivity (Wildman–Crippen MR) is 70.2 cm³/mol. The molecule has 0 atom stereocenters. The average Bonchev–Trinajstić information content (AvgIpc) is 2.25. The quantitative estimate of drug-likeness (QED) is 0.765. The van der Waals surface area contributed by atoms with E-state index < -0.39 is 5.60 Å². The van der Waals surface area contributed by atoms with Crippen LogP contribution in [0.2, 0.25) is 0 Å². The Morgan fingerprint density at radius 2 is 2.12 bits per heavy atom. The lowest BCUT2D eigenvalue weighted by Crippen LogP contribution is -2.34. The lowest BCUT2D eigenvalue weighted by atomic mass is 10.1. The number of ether oxygens (including phenoxy) is 1. The normalized spacial score (nSPS) is 11.5. The third kappa shape index (κ3) is 6.29. The molecule has 1 aromatic carbocycles. The van der Waals surface area contributed by atoms with Gasteiger partial charge in [-0.25, -0.2) is 0 Å². The molecule has 96 valence electrons. The number of hydrogen-bond donors (Lipinski definition) is 2. The minimum absolute atomic E-state index is 0.576. The van der Waals surface area contributed by atoms with Crippen LogP contribution in [0.3, 0.4) is 0 Å². The largest absolute Gasteiger partial charge is 0.494 e. The van der Waals surface area contributed by atoms with Gasteiger partial charge in [0.15, 0.2) is 0 Å². The van der Waals surface area contributed by atoms with Gasteiger partial charge in [-0.05, 0) is 38.0 Å². The Hall–Kier alpha value is -1.06. The molecule has 0 bridgehead atoms. The first-order valence-corrected chi connectivity index (χ1v) is 6.16. The zero-order valence-electron chi connectivity index (χ0n) is 11.0. The number of aliphatic hydroxyl groups is 1. The first-order valence-electron chi connectivity index (χ1n) is 6.16. The van der Waals surface area contributed by atoms with Crippen molar-refractivity contribution >= 4 is 0 Å². The van der Waals surface area contributed by atoms with Gasteiger partial charge in [-0.15, -0.1) is 0 Å². The van der Waals surface area contributed by atoms with Gasteiger partial charge in [0.25, 0.3) is 0 Å². The summed E-state index contributed by atoms with van der Waals surface area (Å²) in [5, 5.41) is 12.8. The first kappa shape index (κ1) is 14.0. The molecule has 0 unspecified atom stereocenters. The van der Waals surface area contributed by atoms with Crippen LogP contribution < -0.4 is 10.1 Å². The van der Waals surface area contributed by atoms with E-state index in [2.05, 4.69) is 18.3 Å². The summed E-state index contributed by atoms with van der Waals surface area (Å²) < 4.78 is 5.57. The lowest BCUT2D eigenvalue weighted by molar-refractivity contribution is 0.0795. The summed E-state index contributed by atoms with van der Waals surface area (Å²) in [6, 6.07) is 8.05. The molecule has 0 heterocycles. The van der Waals surface area contributed by atoms with Crippen molar-refractivity contribution in [2.45, 2.75) is 39.3 Å². The third-order valence-corrected chi connectivity index (χ3v) is 2.26.